The number of halogens is 2. The molecule has 1 fully saturated rings. The summed E-state index contributed by atoms with van der Waals surface area (Å²) in [5.41, 5.74) is 1.78. The Kier molecular flexibility index (Phi) is 5.67. The third-order valence-corrected chi connectivity index (χ3v) is 4.83. The summed E-state index contributed by atoms with van der Waals surface area (Å²) >= 11 is 12.2. The molecule has 2 aromatic carbocycles. The number of methoxy groups -OCH3 is 1. The van der Waals surface area contributed by atoms with Crippen molar-refractivity contribution in [3.05, 3.63) is 63.6 Å². The maximum Gasteiger partial charge on any atom is 0.158 e. The summed E-state index contributed by atoms with van der Waals surface area (Å²) in [4.78, 5) is 11.8. The molecular weight excluding hydrogens is 359 g/mol. The summed E-state index contributed by atoms with van der Waals surface area (Å²) < 4.78 is 11.2. The van der Waals surface area contributed by atoms with E-state index in [2.05, 4.69) is 0 Å². The number of ether oxygens (including phenoxy) is 2. The van der Waals surface area contributed by atoms with Crippen LogP contribution in [0, 0.1) is 5.92 Å². The van der Waals surface area contributed by atoms with E-state index in [1.165, 1.54) is 0 Å². The van der Waals surface area contributed by atoms with E-state index < -0.39 is 0 Å². The fourth-order valence-corrected chi connectivity index (χ4v) is 2.79. The number of rotatable bonds is 7. The molecule has 0 atom stereocenters. The Balaban J connectivity index is 1.75. The van der Waals surface area contributed by atoms with Gasteiger partial charge in [0.1, 0.15) is 23.1 Å². The molecule has 2 aromatic rings. The standard InChI is InChI=1S/C20H18Cl2O3/c1-24-18-10-6-13(5-9-17(23)14-7-8-14)11-15(18)12-25-19-4-2-3-16(21)20(19)22/h2-6,9-11,14H,7-8,12H2,1H3/b9-5+. The Labute approximate surface area is 157 Å². The highest BCUT2D eigenvalue weighted by atomic mass is 35.5. The van der Waals surface area contributed by atoms with Gasteiger partial charge in [0.15, 0.2) is 5.78 Å². The maximum atomic E-state index is 11.8. The second kappa shape index (κ2) is 7.94. The average molecular weight is 377 g/mol. The Morgan fingerprint density at radius 1 is 1.20 bits per heavy atom. The van der Waals surface area contributed by atoms with E-state index in [4.69, 9.17) is 32.7 Å². The largest absolute Gasteiger partial charge is 0.496 e. The van der Waals surface area contributed by atoms with Gasteiger partial charge in [0.2, 0.25) is 0 Å². The van der Waals surface area contributed by atoms with Crippen LogP contribution in [-0.2, 0) is 11.4 Å². The van der Waals surface area contributed by atoms with Crippen molar-refractivity contribution in [2.24, 2.45) is 5.92 Å². The fourth-order valence-electron chi connectivity index (χ4n) is 2.45. The molecular formula is C20H18Cl2O3. The molecule has 130 valence electrons. The van der Waals surface area contributed by atoms with Crippen molar-refractivity contribution in [2.45, 2.75) is 19.4 Å². The smallest absolute Gasteiger partial charge is 0.158 e. The molecule has 0 bridgehead atoms. The Morgan fingerprint density at radius 2 is 2.00 bits per heavy atom. The SMILES string of the molecule is COc1ccc(/C=C/C(=O)C2CC2)cc1COc1cccc(Cl)c1Cl. The predicted octanol–water partition coefficient (Wildman–Crippen LogP) is 5.57. The monoisotopic (exact) mass is 376 g/mol. The molecule has 0 aromatic heterocycles. The minimum absolute atomic E-state index is 0.194. The third-order valence-electron chi connectivity index (χ3n) is 4.02. The van der Waals surface area contributed by atoms with E-state index >= 15 is 0 Å². The topological polar surface area (TPSA) is 35.5 Å². The van der Waals surface area contributed by atoms with Crippen molar-refractivity contribution < 1.29 is 14.3 Å². The van der Waals surface area contributed by atoms with Crippen LogP contribution in [0.4, 0.5) is 0 Å². The zero-order chi connectivity index (χ0) is 17.8. The van der Waals surface area contributed by atoms with Gasteiger partial charge in [-0.1, -0.05) is 41.4 Å². The van der Waals surface area contributed by atoms with Gasteiger partial charge in [-0.15, -0.1) is 0 Å². The summed E-state index contributed by atoms with van der Waals surface area (Å²) in [5.74, 6) is 1.64. The zero-order valence-electron chi connectivity index (χ0n) is 13.8. The van der Waals surface area contributed by atoms with Crippen LogP contribution in [0.2, 0.25) is 10.0 Å². The van der Waals surface area contributed by atoms with Crippen LogP contribution in [0.1, 0.15) is 24.0 Å². The summed E-state index contributed by atoms with van der Waals surface area (Å²) in [6, 6.07) is 11.0. The zero-order valence-corrected chi connectivity index (χ0v) is 15.3. The van der Waals surface area contributed by atoms with E-state index in [1.807, 2.05) is 24.3 Å². The van der Waals surface area contributed by atoms with E-state index in [0.717, 1.165) is 24.0 Å². The highest BCUT2D eigenvalue weighted by Crippen LogP contribution is 2.33. The minimum atomic E-state index is 0.194. The molecule has 1 saturated carbocycles. The normalized spacial score (nSPS) is 13.9. The molecule has 5 heteroatoms. The first kappa shape index (κ1) is 17.8. The first-order chi connectivity index (χ1) is 12.1. The van der Waals surface area contributed by atoms with Crippen LogP contribution in [0.25, 0.3) is 6.08 Å². The lowest BCUT2D eigenvalue weighted by molar-refractivity contribution is -0.115. The van der Waals surface area contributed by atoms with Gasteiger partial charge in [0.05, 0.1) is 12.1 Å². The van der Waals surface area contributed by atoms with Crippen molar-refractivity contribution in [1.82, 2.24) is 0 Å². The number of hydrogen-bond donors (Lipinski definition) is 0. The van der Waals surface area contributed by atoms with Crippen LogP contribution in [0.3, 0.4) is 0 Å². The number of carbonyl (C=O) groups is 1. The summed E-state index contributed by atoms with van der Waals surface area (Å²) in [6.45, 7) is 0.279. The molecule has 0 heterocycles. The molecule has 0 aliphatic heterocycles. The maximum absolute atomic E-state index is 11.8. The molecule has 1 aliphatic carbocycles. The van der Waals surface area contributed by atoms with Gasteiger partial charge in [-0.25, -0.2) is 0 Å². The third kappa shape index (κ3) is 4.56. The molecule has 1 aliphatic rings. The number of carbonyl (C=O) groups excluding carboxylic acids is 1. The molecule has 0 N–H and O–H groups in total. The van der Waals surface area contributed by atoms with Gasteiger partial charge in [-0.2, -0.15) is 0 Å². The highest BCUT2D eigenvalue weighted by molar-refractivity contribution is 6.42. The second-order valence-corrected chi connectivity index (χ2v) is 6.71. The van der Waals surface area contributed by atoms with Crippen molar-refractivity contribution in [1.29, 1.82) is 0 Å². The summed E-state index contributed by atoms with van der Waals surface area (Å²) in [7, 11) is 1.61. The summed E-state index contributed by atoms with van der Waals surface area (Å²) in [5, 5.41) is 0.829. The molecule has 0 radical (unpaired) electrons. The minimum Gasteiger partial charge on any atom is -0.496 e. The predicted molar refractivity (Wildman–Crippen MR) is 101 cm³/mol. The van der Waals surface area contributed by atoms with Crippen molar-refractivity contribution in [3.63, 3.8) is 0 Å². The Morgan fingerprint density at radius 3 is 2.72 bits per heavy atom. The fraction of sp³-hybridized carbons (Fsp3) is 0.250. The molecule has 0 spiro atoms. The Hall–Kier alpha value is -1.97. The van der Waals surface area contributed by atoms with Gasteiger partial charge >= 0.3 is 0 Å². The van der Waals surface area contributed by atoms with Crippen LogP contribution in [-0.4, -0.2) is 12.9 Å². The Bertz CT molecular complexity index is 811. The number of ketones is 1. The first-order valence-corrected chi connectivity index (χ1v) is 8.79. The molecule has 3 nitrogen and oxygen atoms in total. The quantitative estimate of drug-likeness (QED) is 0.592. The second-order valence-electron chi connectivity index (χ2n) is 5.92. The summed E-state index contributed by atoms with van der Waals surface area (Å²) in [6.07, 6.45) is 5.49. The molecule has 0 amide bonds. The van der Waals surface area contributed by atoms with Crippen molar-refractivity contribution in [3.8, 4) is 11.5 Å². The van der Waals surface area contributed by atoms with Gasteiger partial charge in [0, 0.05) is 11.5 Å². The van der Waals surface area contributed by atoms with Crippen LogP contribution in [0.15, 0.2) is 42.5 Å². The van der Waals surface area contributed by atoms with E-state index in [9.17, 15) is 4.79 Å². The van der Waals surface area contributed by atoms with Crippen LogP contribution < -0.4 is 9.47 Å². The van der Waals surface area contributed by atoms with E-state index in [1.54, 1.807) is 31.4 Å². The first-order valence-electron chi connectivity index (χ1n) is 8.04. The number of hydrogen-bond acceptors (Lipinski definition) is 3. The van der Waals surface area contributed by atoms with Gasteiger partial charge in [-0.3, -0.25) is 4.79 Å². The van der Waals surface area contributed by atoms with Crippen molar-refractivity contribution >= 4 is 35.1 Å². The lowest BCUT2D eigenvalue weighted by atomic mass is 10.1. The van der Waals surface area contributed by atoms with E-state index in [0.29, 0.717) is 21.5 Å². The van der Waals surface area contributed by atoms with Gasteiger partial charge in [-0.05, 0) is 48.7 Å². The lowest BCUT2D eigenvalue weighted by Crippen LogP contribution is -2.00. The van der Waals surface area contributed by atoms with Crippen LogP contribution in [0.5, 0.6) is 11.5 Å². The van der Waals surface area contributed by atoms with Gasteiger partial charge < -0.3 is 9.47 Å². The molecule has 0 unspecified atom stereocenters. The average Bonchev–Trinajstić information content (AvgIpc) is 3.46. The molecule has 0 saturated heterocycles. The van der Waals surface area contributed by atoms with E-state index in [-0.39, 0.29) is 18.3 Å². The number of allylic oxidation sites excluding steroid dienone is 1. The molecule has 25 heavy (non-hydrogen) atoms. The molecule has 3 rings (SSSR count). The highest BCUT2D eigenvalue weighted by Gasteiger charge is 2.27. The van der Waals surface area contributed by atoms with Crippen LogP contribution >= 0.6 is 23.2 Å². The van der Waals surface area contributed by atoms with Gasteiger partial charge in [0.25, 0.3) is 0 Å². The number of benzene rings is 2. The lowest BCUT2D eigenvalue weighted by Gasteiger charge is -2.12. The van der Waals surface area contributed by atoms with Crippen molar-refractivity contribution in [2.75, 3.05) is 7.11 Å².